The van der Waals surface area contributed by atoms with E-state index >= 15 is 0 Å². The summed E-state index contributed by atoms with van der Waals surface area (Å²) in [5.74, 6) is -5.69. The first-order chi connectivity index (χ1) is 18.7. The number of benzene rings is 1. The van der Waals surface area contributed by atoms with Gasteiger partial charge < -0.3 is 20.9 Å². The minimum atomic E-state index is -2.99. The fraction of sp³-hybridized carbons (Fsp3) is 0.379. The van der Waals surface area contributed by atoms with Gasteiger partial charge in [-0.25, -0.2) is 13.6 Å². The summed E-state index contributed by atoms with van der Waals surface area (Å²) in [5, 5.41) is 11.9. The second kappa shape index (κ2) is 15.3. The molecule has 0 bridgehead atoms. The Balaban J connectivity index is 0.00000254. The number of Topliss-reactive ketones (excluding diaryl/α,β-unsaturated/α-hetero) is 1. The maximum Gasteiger partial charge on any atom is 0.412 e. The molecule has 1 saturated carbocycles. The highest BCUT2D eigenvalue weighted by Crippen LogP contribution is 2.48. The van der Waals surface area contributed by atoms with Crippen molar-refractivity contribution in [3.63, 3.8) is 0 Å². The van der Waals surface area contributed by atoms with Crippen molar-refractivity contribution in [1.29, 1.82) is 0 Å². The Kier molecular flexibility index (Phi) is 12.9. The van der Waals surface area contributed by atoms with Crippen LogP contribution in [0.3, 0.4) is 0 Å². The summed E-state index contributed by atoms with van der Waals surface area (Å²) in [7, 11) is 0. The van der Waals surface area contributed by atoms with E-state index in [0.29, 0.717) is 17.7 Å². The molecule has 0 aromatic heterocycles. The highest BCUT2D eigenvalue weighted by molar-refractivity contribution is 6.09. The standard InChI is InChI=1S/C28H35F2N3O4.CH2O2/c1-7-10-17(3)23(32-26(35)22-15-28(22,29)30)14-13-18(4)25(34)24(19(5)31)33-27(36)37-20(6)21-12-9-8-11-16(21)2;2-1-3/h8-14,20,22H,7,15,31H2,1-6H3,(H,32,35)(H,33,36);1H,(H,2,3)/b17-10+,18-13+,23-14+,24-19+;. The van der Waals surface area contributed by atoms with Gasteiger partial charge in [-0.2, -0.15) is 0 Å². The van der Waals surface area contributed by atoms with E-state index in [4.69, 9.17) is 20.4 Å². The zero-order valence-corrected chi connectivity index (χ0v) is 23.5. The Bertz CT molecular complexity index is 1230. The van der Waals surface area contributed by atoms with Crippen LogP contribution in [0.25, 0.3) is 0 Å². The van der Waals surface area contributed by atoms with Crippen molar-refractivity contribution in [2.75, 3.05) is 0 Å². The monoisotopic (exact) mass is 561 g/mol. The number of ketones is 1. The topological polar surface area (TPSA) is 148 Å². The molecule has 218 valence electrons. The van der Waals surface area contributed by atoms with Crippen molar-refractivity contribution in [2.24, 2.45) is 11.7 Å². The lowest BCUT2D eigenvalue weighted by atomic mass is 10.0. The van der Waals surface area contributed by atoms with Gasteiger partial charge >= 0.3 is 6.09 Å². The molecule has 11 heteroatoms. The van der Waals surface area contributed by atoms with Gasteiger partial charge in [0, 0.05) is 17.8 Å². The Morgan fingerprint density at radius 1 is 1.15 bits per heavy atom. The summed E-state index contributed by atoms with van der Waals surface area (Å²) in [6, 6.07) is 7.46. The number of aryl methyl sites for hydroxylation is 1. The van der Waals surface area contributed by atoms with Crippen LogP contribution in [0, 0.1) is 12.8 Å². The van der Waals surface area contributed by atoms with Gasteiger partial charge in [0.15, 0.2) is 0 Å². The maximum absolute atomic E-state index is 13.3. The van der Waals surface area contributed by atoms with Gasteiger partial charge in [-0.05, 0) is 69.4 Å². The van der Waals surface area contributed by atoms with Gasteiger partial charge in [0.05, 0.1) is 0 Å². The van der Waals surface area contributed by atoms with Crippen LogP contribution in [0.5, 0.6) is 0 Å². The molecule has 0 saturated heterocycles. The molecule has 2 unspecified atom stereocenters. The van der Waals surface area contributed by atoms with Crippen LogP contribution >= 0.6 is 0 Å². The third-order valence-electron chi connectivity index (χ3n) is 5.95. The van der Waals surface area contributed by atoms with E-state index in [1.807, 2.05) is 44.2 Å². The largest absolute Gasteiger partial charge is 0.483 e. The number of hydrogen-bond acceptors (Lipinski definition) is 6. The van der Waals surface area contributed by atoms with Crippen molar-refractivity contribution in [3.8, 4) is 0 Å². The number of alkyl halides is 2. The Hall–Kier alpha value is -4.28. The zero-order valence-electron chi connectivity index (χ0n) is 23.5. The Morgan fingerprint density at radius 2 is 1.73 bits per heavy atom. The lowest BCUT2D eigenvalue weighted by Gasteiger charge is -2.17. The molecule has 2 amide bonds. The Labute approximate surface area is 232 Å². The summed E-state index contributed by atoms with van der Waals surface area (Å²) < 4.78 is 32.1. The lowest BCUT2D eigenvalue weighted by Crippen LogP contribution is -2.31. The van der Waals surface area contributed by atoms with Crippen molar-refractivity contribution in [3.05, 3.63) is 81.9 Å². The fourth-order valence-electron chi connectivity index (χ4n) is 3.62. The normalized spacial score (nSPS) is 17.8. The first-order valence-electron chi connectivity index (χ1n) is 12.6. The molecule has 1 aromatic rings. The number of nitrogens with two attached hydrogens (primary N) is 1. The average molecular weight is 562 g/mol. The van der Waals surface area contributed by atoms with Gasteiger partial charge in [0.25, 0.3) is 12.4 Å². The van der Waals surface area contributed by atoms with Crippen LogP contribution in [0.4, 0.5) is 13.6 Å². The van der Waals surface area contributed by atoms with Crippen LogP contribution in [0.2, 0.25) is 0 Å². The van der Waals surface area contributed by atoms with E-state index in [0.717, 1.165) is 11.1 Å². The number of carbonyl (C=O) groups excluding carboxylic acids is 3. The van der Waals surface area contributed by atoms with Crippen molar-refractivity contribution < 1.29 is 37.8 Å². The predicted octanol–water partition coefficient (Wildman–Crippen LogP) is 5.20. The van der Waals surface area contributed by atoms with Crippen LogP contribution in [0.15, 0.2) is 70.7 Å². The highest BCUT2D eigenvalue weighted by atomic mass is 19.3. The number of amides is 2. The molecule has 2 rings (SSSR count). The number of alkyl carbamates (subject to hydrolysis) is 1. The van der Waals surface area contributed by atoms with Crippen molar-refractivity contribution >= 4 is 24.3 Å². The van der Waals surface area contributed by atoms with Gasteiger partial charge in [0.2, 0.25) is 11.7 Å². The van der Waals surface area contributed by atoms with Gasteiger partial charge in [-0.1, -0.05) is 43.3 Å². The fourth-order valence-corrected chi connectivity index (χ4v) is 3.62. The van der Waals surface area contributed by atoms with E-state index in [9.17, 15) is 23.2 Å². The molecule has 0 radical (unpaired) electrons. The third-order valence-corrected chi connectivity index (χ3v) is 5.95. The number of rotatable bonds is 10. The number of hydrogen-bond donors (Lipinski definition) is 4. The summed E-state index contributed by atoms with van der Waals surface area (Å²) in [6.07, 6.45) is 3.50. The SMILES string of the molecule is CC/C=C(C)/C(=C\C=C(/C)C(=O)/C(NC(=O)OC(C)c1ccccc1C)=C(/C)N)NC(=O)C1CC1(F)F.O=CO. The average Bonchev–Trinajstić information content (AvgIpc) is 3.53. The minimum Gasteiger partial charge on any atom is -0.483 e. The number of carboxylic acid groups (broad SMARTS) is 1. The molecule has 1 aliphatic rings. The number of ether oxygens (including phenoxy) is 1. The molecule has 0 aliphatic heterocycles. The molecule has 40 heavy (non-hydrogen) atoms. The van der Waals surface area contributed by atoms with Crippen LogP contribution in [-0.2, 0) is 19.1 Å². The summed E-state index contributed by atoms with van der Waals surface area (Å²) in [6.45, 7) is 9.98. The molecule has 2 atom stereocenters. The van der Waals surface area contributed by atoms with Gasteiger partial charge in [-0.15, -0.1) is 0 Å². The Morgan fingerprint density at radius 3 is 2.23 bits per heavy atom. The van der Waals surface area contributed by atoms with E-state index in [1.165, 1.54) is 26.0 Å². The first-order valence-corrected chi connectivity index (χ1v) is 12.6. The van der Waals surface area contributed by atoms with Crippen LogP contribution < -0.4 is 16.4 Å². The first kappa shape index (κ1) is 33.7. The highest BCUT2D eigenvalue weighted by Gasteiger charge is 2.61. The second-order valence-corrected chi connectivity index (χ2v) is 9.25. The van der Waals surface area contributed by atoms with E-state index in [1.54, 1.807) is 13.8 Å². The second-order valence-electron chi connectivity index (χ2n) is 9.25. The number of nitrogens with one attached hydrogen (secondary N) is 2. The van der Waals surface area contributed by atoms with E-state index in [-0.39, 0.29) is 23.4 Å². The molecule has 0 heterocycles. The zero-order chi connectivity index (χ0) is 30.6. The predicted molar refractivity (Wildman–Crippen MR) is 147 cm³/mol. The maximum atomic E-state index is 13.3. The van der Waals surface area contributed by atoms with Crippen LogP contribution in [0.1, 0.15) is 64.7 Å². The molecule has 0 spiro atoms. The summed E-state index contributed by atoms with van der Waals surface area (Å²) in [4.78, 5) is 46.2. The third kappa shape index (κ3) is 10.1. The number of carbonyl (C=O) groups is 4. The molecule has 1 fully saturated rings. The van der Waals surface area contributed by atoms with Crippen molar-refractivity contribution in [2.45, 2.75) is 66.4 Å². The minimum absolute atomic E-state index is 0.0776. The number of halogens is 2. The molecule has 5 N–H and O–H groups in total. The summed E-state index contributed by atoms with van der Waals surface area (Å²) >= 11 is 0. The quantitative estimate of drug-likeness (QED) is 0.174. The van der Waals surface area contributed by atoms with Crippen LogP contribution in [-0.4, -0.2) is 35.3 Å². The smallest absolute Gasteiger partial charge is 0.412 e. The van der Waals surface area contributed by atoms with Gasteiger partial charge in [0.1, 0.15) is 17.7 Å². The molecule has 9 nitrogen and oxygen atoms in total. The molecule has 1 aromatic carbocycles. The molecule has 1 aliphatic carbocycles. The van der Waals surface area contributed by atoms with Gasteiger partial charge in [-0.3, -0.25) is 19.7 Å². The van der Waals surface area contributed by atoms with Crippen molar-refractivity contribution in [1.82, 2.24) is 10.6 Å². The molecular weight excluding hydrogens is 524 g/mol. The number of allylic oxidation sites excluding steroid dienone is 6. The van der Waals surface area contributed by atoms with E-state index in [2.05, 4.69) is 10.6 Å². The van der Waals surface area contributed by atoms with E-state index < -0.39 is 42.1 Å². The molecular formula is C29H37F2N3O6. The lowest BCUT2D eigenvalue weighted by molar-refractivity contribution is -0.124. The summed E-state index contributed by atoms with van der Waals surface area (Å²) in [5.41, 5.74) is 8.75.